The average molecular weight is 261 g/mol. The Kier molecular flexibility index (Phi) is 4.89. The maximum absolute atomic E-state index is 13.0. The zero-order valence-electron chi connectivity index (χ0n) is 9.61. The number of hydrogen-bond donors (Lipinski definition) is 2. The average Bonchev–Trinajstić information content (AvgIpc) is 2.30. The molecule has 0 saturated carbocycles. The molecule has 17 heavy (non-hydrogen) atoms. The molecular weight excluding hydrogens is 245 g/mol. The number of nitrogens with one attached hydrogen (secondary N) is 1. The molecule has 0 aliphatic heterocycles. The zero-order chi connectivity index (χ0) is 12.9. The highest BCUT2D eigenvalue weighted by Gasteiger charge is 2.08. The fourth-order valence-electron chi connectivity index (χ4n) is 1.30. The third kappa shape index (κ3) is 4.32. The van der Waals surface area contributed by atoms with E-state index in [1.54, 1.807) is 13.0 Å². The second-order valence-electron chi connectivity index (χ2n) is 3.66. The van der Waals surface area contributed by atoms with E-state index < -0.39 is 21.4 Å². The maximum atomic E-state index is 13.0. The van der Waals surface area contributed by atoms with E-state index in [2.05, 4.69) is 5.32 Å². The van der Waals surface area contributed by atoms with Crippen molar-refractivity contribution in [1.82, 2.24) is 5.32 Å². The lowest BCUT2D eigenvalue weighted by Gasteiger charge is -2.07. The number of aromatic hydroxyl groups is 1. The highest BCUT2D eigenvalue weighted by molar-refractivity contribution is 7.91. The molecule has 4 nitrogen and oxygen atoms in total. The van der Waals surface area contributed by atoms with Crippen molar-refractivity contribution in [2.75, 3.05) is 18.1 Å². The van der Waals surface area contributed by atoms with Gasteiger partial charge in [0.15, 0.2) is 21.4 Å². The summed E-state index contributed by atoms with van der Waals surface area (Å²) in [5, 5.41) is 12.2. The summed E-state index contributed by atoms with van der Waals surface area (Å²) in [6.07, 6.45) is 0. The Hall–Kier alpha value is -1.14. The minimum Gasteiger partial charge on any atom is -0.505 e. The van der Waals surface area contributed by atoms with Gasteiger partial charge in [0.2, 0.25) is 0 Å². The van der Waals surface area contributed by atoms with Crippen molar-refractivity contribution in [2.45, 2.75) is 13.5 Å². The second-order valence-corrected chi connectivity index (χ2v) is 6.13. The molecule has 1 rings (SSSR count). The first-order valence-corrected chi connectivity index (χ1v) is 7.16. The molecule has 0 amide bonds. The van der Waals surface area contributed by atoms with Crippen LogP contribution in [0.15, 0.2) is 18.2 Å². The summed E-state index contributed by atoms with van der Waals surface area (Å²) >= 11 is 0. The SMILES string of the molecule is CCS(=O)(=O)CCNCc1cccc(F)c1O. The summed E-state index contributed by atoms with van der Waals surface area (Å²) in [4.78, 5) is 0. The van der Waals surface area contributed by atoms with Gasteiger partial charge in [-0.25, -0.2) is 12.8 Å². The second kappa shape index (κ2) is 5.97. The minimum absolute atomic E-state index is 0.0412. The summed E-state index contributed by atoms with van der Waals surface area (Å²) in [6.45, 7) is 2.11. The van der Waals surface area contributed by atoms with Crippen molar-refractivity contribution in [1.29, 1.82) is 0 Å². The molecule has 0 radical (unpaired) electrons. The normalized spacial score (nSPS) is 11.6. The number of rotatable bonds is 6. The van der Waals surface area contributed by atoms with Crippen molar-refractivity contribution < 1.29 is 17.9 Å². The van der Waals surface area contributed by atoms with Crippen LogP contribution in [0.1, 0.15) is 12.5 Å². The largest absolute Gasteiger partial charge is 0.505 e. The Morgan fingerprint density at radius 2 is 2.12 bits per heavy atom. The lowest BCUT2D eigenvalue weighted by atomic mass is 10.2. The Balaban J connectivity index is 2.44. The lowest BCUT2D eigenvalue weighted by Crippen LogP contribution is -2.23. The maximum Gasteiger partial charge on any atom is 0.165 e. The number of hydrogen-bond acceptors (Lipinski definition) is 4. The molecule has 0 aliphatic rings. The Morgan fingerprint density at radius 3 is 2.76 bits per heavy atom. The predicted octanol–water partition coefficient (Wildman–Crippen LogP) is 1.06. The van der Waals surface area contributed by atoms with Crippen molar-refractivity contribution in [2.24, 2.45) is 0 Å². The summed E-state index contributed by atoms with van der Waals surface area (Å²) in [5.41, 5.74) is 0.416. The minimum atomic E-state index is -2.99. The van der Waals surface area contributed by atoms with Gasteiger partial charge < -0.3 is 10.4 Å². The first-order chi connectivity index (χ1) is 7.96. The van der Waals surface area contributed by atoms with Gasteiger partial charge in [0.1, 0.15) is 0 Å². The molecule has 0 bridgehead atoms. The third-order valence-electron chi connectivity index (χ3n) is 2.42. The summed E-state index contributed by atoms with van der Waals surface area (Å²) in [5.74, 6) is -0.914. The zero-order valence-corrected chi connectivity index (χ0v) is 10.4. The van der Waals surface area contributed by atoms with Crippen LogP contribution < -0.4 is 5.32 Å². The van der Waals surface area contributed by atoms with E-state index in [0.717, 1.165) is 0 Å². The molecule has 0 aromatic heterocycles. The van der Waals surface area contributed by atoms with Crippen LogP contribution in [0.4, 0.5) is 4.39 Å². The van der Waals surface area contributed by atoms with Crippen LogP contribution in [0, 0.1) is 5.82 Å². The van der Waals surface area contributed by atoms with Gasteiger partial charge in [0, 0.05) is 24.4 Å². The van der Waals surface area contributed by atoms with Gasteiger partial charge in [-0.1, -0.05) is 19.1 Å². The number of phenolic OH excluding ortho intramolecular Hbond substituents is 1. The van der Waals surface area contributed by atoms with E-state index in [-0.39, 0.29) is 24.6 Å². The molecule has 1 aromatic rings. The van der Waals surface area contributed by atoms with Crippen molar-refractivity contribution in [3.63, 3.8) is 0 Å². The van der Waals surface area contributed by atoms with Gasteiger partial charge in [-0.2, -0.15) is 0 Å². The molecule has 0 unspecified atom stereocenters. The van der Waals surface area contributed by atoms with Crippen LogP contribution in [-0.2, 0) is 16.4 Å². The van der Waals surface area contributed by atoms with Crippen molar-refractivity contribution in [3.05, 3.63) is 29.6 Å². The first kappa shape index (κ1) is 13.9. The van der Waals surface area contributed by atoms with E-state index in [1.807, 2.05) is 0 Å². The Morgan fingerprint density at radius 1 is 1.41 bits per heavy atom. The van der Waals surface area contributed by atoms with Crippen LogP contribution in [-0.4, -0.2) is 31.6 Å². The molecule has 1 aromatic carbocycles. The highest BCUT2D eigenvalue weighted by atomic mass is 32.2. The quantitative estimate of drug-likeness (QED) is 0.751. The predicted molar refractivity (Wildman–Crippen MR) is 64.1 cm³/mol. The van der Waals surface area contributed by atoms with E-state index in [0.29, 0.717) is 5.56 Å². The third-order valence-corrected chi connectivity index (χ3v) is 4.12. The van der Waals surface area contributed by atoms with E-state index in [1.165, 1.54) is 12.1 Å². The molecule has 0 saturated heterocycles. The van der Waals surface area contributed by atoms with E-state index >= 15 is 0 Å². The number of halogens is 1. The number of sulfone groups is 1. The van der Waals surface area contributed by atoms with E-state index in [4.69, 9.17) is 0 Å². The summed E-state index contributed by atoms with van der Waals surface area (Å²) in [6, 6.07) is 4.25. The van der Waals surface area contributed by atoms with Gasteiger partial charge >= 0.3 is 0 Å². The van der Waals surface area contributed by atoms with Crippen LogP contribution in [0.2, 0.25) is 0 Å². The summed E-state index contributed by atoms with van der Waals surface area (Å²) in [7, 11) is -2.99. The molecule has 0 fully saturated rings. The van der Waals surface area contributed by atoms with Gasteiger partial charge in [0.05, 0.1) is 5.75 Å². The van der Waals surface area contributed by atoms with E-state index in [9.17, 15) is 17.9 Å². The highest BCUT2D eigenvalue weighted by Crippen LogP contribution is 2.20. The molecule has 96 valence electrons. The van der Waals surface area contributed by atoms with Crippen LogP contribution in [0.3, 0.4) is 0 Å². The number of para-hydroxylation sites is 1. The smallest absolute Gasteiger partial charge is 0.165 e. The van der Waals surface area contributed by atoms with Gasteiger partial charge in [-0.3, -0.25) is 0 Å². The van der Waals surface area contributed by atoms with Gasteiger partial charge in [-0.05, 0) is 6.07 Å². The van der Waals surface area contributed by atoms with Gasteiger partial charge in [-0.15, -0.1) is 0 Å². The topological polar surface area (TPSA) is 66.4 Å². The first-order valence-electron chi connectivity index (χ1n) is 5.34. The fraction of sp³-hybridized carbons (Fsp3) is 0.455. The monoisotopic (exact) mass is 261 g/mol. The lowest BCUT2D eigenvalue weighted by molar-refractivity contribution is 0.423. The van der Waals surface area contributed by atoms with Crippen molar-refractivity contribution >= 4 is 9.84 Å². The standard InChI is InChI=1S/C11H16FNO3S/c1-2-17(15,16)7-6-13-8-9-4-3-5-10(12)11(9)14/h3-5,13-14H,2,6-8H2,1H3. The summed E-state index contributed by atoms with van der Waals surface area (Å²) < 4.78 is 35.3. The number of phenols is 1. The van der Waals surface area contributed by atoms with Crippen LogP contribution >= 0.6 is 0 Å². The number of benzene rings is 1. The van der Waals surface area contributed by atoms with Crippen molar-refractivity contribution in [3.8, 4) is 5.75 Å². The molecule has 2 N–H and O–H groups in total. The Bertz CT molecular complexity index is 474. The molecule has 0 spiro atoms. The fourth-order valence-corrected chi connectivity index (χ4v) is 2.04. The van der Waals surface area contributed by atoms with Crippen LogP contribution in [0.25, 0.3) is 0 Å². The van der Waals surface area contributed by atoms with Gasteiger partial charge in [0.25, 0.3) is 0 Å². The Labute approximate surface area is 100 Å². The molecule has 0 aliphatic carbocycles. The van der Waals surface area contributed by atoms with Crippen LogP contribution in [0.5, 0.6) is 5.75 Å². The molecule has 0 heterocycles. The molecule has 0 atom stereocenters. The molecular formula is C11H16FNO3S. The molecule has 6 heteroatoms.